The molecule has 2 N–H and O–H groups in total. The summed E-state index contributed by atoms with van der Waals surface area (Å²) in [4.78, 5) is 4.56. The summed E-state index contributed by atoms with van der Waals surface area (Å²) >= 11 is 1.54. The molecule has 1 aliphatic carbocycles. The highest BCUT2D eigenvalue weighted by molar-refractivity contribution is 8.15. The van der Waals surface area contributed by atoms with Crippen molar-refractivity contribution < 1.29 is 9.13 Å². The van der Waals surface area contributed by atoms with E-state index in [1.54, 1.807) is 31.0 Å². The first-order valence-corrected chi connectivity index (χ1v) is 7.57. The number of ether oxygens (including phenoxy) is 1. The summed E-state index contributed by atoms with van der Waals surface area (Å²) in [5.41, 5.74) is 6.47. The van der Waals surface area contributed by atoms with E-state index in [0.29, 0.717) is 22.9 Å². The Hall–Kier alpha value is -1.51. The summed E-state index contributed by atoms with van der Waals surface area (Å²) in [6, 6.07) is 4.71. The van der Waals surface area contributed by atoms with E-state index in [2.05, 4.69) is 10.9 Å². The van der Waals surface area contributed by atoms with Gasteiger partial charge in [0.05, 0.1) is 16.9 Å². The molecule has 2 aliphatic rings. The van der Waals surface area contributed by atoms with E-state index in [9.17, 15) is 4.39 Å². The Morgan fingerprint density at radius 3 is 3.05 bits per heavy atom. The van der Waals surface area contributed by atoms with Crippen LogP contribution < -0.4 is 5.73 Å². The van der Waals surface area contributed by atoms with Crippen molar-refractivity contribution in [3.05, 3.63) is 35.1 Å². The second-order valence-electron chi connectivity index (χ2n) is 5.79. The lowest BCUT2D eigenvalue weighted by Crippen LogP contribution is -2.37. The zero-order valence-electron chi connectivity index (χ0n) is 12.0. The summed E-state index contributed by atoms with van der Waals surface area (Å²) in [7, 11) is 1.67. The van der Waals surface area contributed by atoms with Crippen LogP contribution in [0.15, 0.2) is 23.2 Å². The van der Waals surface area contributed by atoms with Crippen molar-refractivity contribution in [2.75, 3.05) is 13.7 Å². The van der Waals surface area contributed by atoms with Gasteiger partial charge in [0.25, 0.3) is 0 Å². The summed E-state index contributed by atoms with van der Waals surface area (Å²) < 4.78 is 19.6. The number of amidine groups is 1. The molecular weight excluding hydrogens is 287 g/mol. The van der Waals surface area contributed by atoms with E-state index in [0.717, 1.165) is 6.42 Å². The van der Waals surface area contributed by atoms with Crippen LogP contribution in [0.5, 0.6) is 0 Å². The van der Waals surface area contributed by atoms with Gasteiger partial charge in [0.1, 0.15) is 5.82 Å². The highest BCUT2D eigenvalue weighted by atomic mass is 32.2. The van der Waals surface area contributed by atoms with Crippen LogP contribution >= 0.6 is 11.8 Å². The number of nitrogens with zero attached hydrogens (tertiary/aromatic N) is 1. The van der Waals surface area contributed by atoms with Gasteiger partial charge in [-0.05, 0) is 31.5 Å². The van der Waals surface area contributed by atoms with Gasteiger partial charge in [0.2, 0.25) is 0 Å². The third-order valence-corrected chi connectivity index (χ3v) is 5.70. The van der Waals surface area contributed by atoms with Crippen molar-refractivity contribution in [2.45, 2.75) is 23.6 Å². The van der Waals surface area contributed by atoms with E-state index < -0.39 is 5.54 Å². The van der Waals surface area contributed by atoms with Gasteiger partial charge in [-0.1, -0.05) is 17.7 Å². The van der Waals surface area contributed by atoms with Crippen LogP contribution in [0.1, 0.15) is 24.5 Å². The van der Waals surface area contributed by atoms with Crippen LogP contribution in [-0.2, 0) is 10.3 Å². The monoisotopic (exact) mass is 304 g/mol. The molecule has 0 bridgehead atoms. The number of aliphatic imine (C=N–C) groups is 1. The average Bonchev–Trinajstić information content (AvgIpc) is 3.14. The topological polar surface area (TPSA) is 47.6 Å². The van der Waals surface area contributed by atoms with E-state index in [1.165, 1.54) is 6.07 Å². The van der Waals surface area contributed by atoms with Gasteiger partial charge in [-0.3, -0.25) is 4.99 Å². The number of hydrogen-bond donors (Lipinski definition) is 1. The number of thioether (sulfide) groups is 1. The Bertz CT molecular complexity index is 669. The van der Waals surface area contributed by atoms with Crippen molar-refractivity contribution >= 4 is 16.9 Å². The predicted octanol–water partition coefficient (Wildman–Crippen LogP) is 2.49. The van der Waals surface area contributed by atoms with E-state index >= 15 is 0 Å². The average molecular weight is 304 g/mol. The summed E-state index contributed by atoms with van der Waals surface area (Å²) in [6.07, 6.45) is 6.34. The number of benzene rings is 1. The number of halogens is 1. The molecule has 1 aliphatic heterocycles. The number of nitrogens with two attached hydrogens (primary N) is 1. The molecule has 0 amide bonds. The molecular formula is C16H17FN2OS. The van der Waals surface area contributed by atoms with Crippen molar-refractivity contribution in [1.82, 2.24) is 0 Å². The number of hydrogen-bond acceptors (Lipinski definition) is 4. The standard InChI is InChI=1S/C16H17FN2OS/c1-4-10-5-6-12(17)11(7-10)15(2)13-8-16(13,9-20-3)21-14(18)19-15/h1,5-7,13H,8-9H2,2-3H3,(H2,18,19)/t13?,15-,16-/m1/s1. The molecule has 3 rings (SSSR count). The zero-order chi connectivity index (χ0) is 15.3. The van der Waals surface area contributed by atoms with Gasteiger partial charge in [-0.2, -0.15) is 0 Å². The van der Waals surface area contributed by atoms with Crippen LogP contribution in [0, 0.1) is 24.1 Å². The van der Waals surface area contributed by atoms with Crippen molar-refractivity contribution in [3.63, 3.8) is 0 Å². The minimum absolute atomic E-state index is 0.0894. The molecule has 0 aromatic heterocycles. The van der Waals surface area contributed by atoms with Crippen LogP contribution in [0.2, 0.25) is 0 Å². The fraction of sp³-hybridized carbons (Fsp3) is 0.438. The van der Waals surface area contributed by atoms with Gasteiger partial charge in [0.15, 0.2) is 5.17 Å². The van der Waals surface area contributed by atoms with Crippen molar-refractivity contribution in [1.29, 1.82) is 0 Å². The molecule has 0 radical (unpaired) electrons. The van der Waals surface area contributed by atoms with Gasteiger partial charge >= 0.3 is 0 Å². The third kappa shape index (κ3) is 2.14. The Labute approximate surface area is 128 Å². The number of methoxy groups -OCH3 is 1. The maximum atomic E-state index is 14.3. The lowest BCUT2D eigenvalue weighted by molar-refractivity contribution is 0.184. The summed E-state index contributed by atoms with van der Waals surface area (Å²) in [5.74, 6) is 2.45. The van der Waals surface area contributed by atoms with Gasteiger partial charge < -0.3 is 10.5 Å². The Morgan fingerprint density at radius 1 is 1.62 bits per heavy atom. The molecule has 1 saturated carbocycles. The van der Waals surface area contributed by atoms with Crippen molar-refractivity contribution in [3.8, 4) is 12.3 Å². The molecule has 5 heteroatoms. The highest BCUT2D eigenvalue weighted by Gasteiger charge is 2.66. The van der Waals surface area contributed by atoms with Crippen molar-refractivity contribution in [2.24, 2.45) is 16.6 Å². The van der Waals surface area contributed by atoms with Crippen LogP contribution in [0.25, 0.3) is 0 Å². The first kappa shape index (κ1) is 14.4. The molecule has 0 spiro atoms. The number of rotatable bonds is 3. The fourth-order valence-corrected chi connectivity index (χ4v) is 4.78. The Morgan fingerprint density at radius 2 is 2.38 bits per heavy atom. The Kier molecular flexibility index (Phi) is 3.27. The highest BCUT2D eigenvalue weighted by Crippen LogP contribution is 2.65. The zero-order valence-corrected chi connectivity index (χ0v) is 12.8. The smallest absolute Gasteiger partial charge is 0.155 e. The molecule has 0 saturated heterocycles. The lowest BCUT2D eigenvalue weighted by atomic mass is 9.85. The Balaban J connectivity index is 2.09. The lowest BCUT2D eigenvalue weighted by Gasteiger charge is -2.34. The van der Waals surface area contributed by atoms with Crippen LogP contribution in [0.4, 0.5) is 4.39 Å². The molecule has 3 atom stereocenters. The molecule has 3 nitrogen and oxygen atoms in total. The summed E-state index contributed by atoms with van der Waals surface area (Å²) in [5, 5.41) is 0.480. The second kappa shape index (κ2) is 4.75. The number of fused-ring (bicyclic) bond motifs is 1. The van der Waals surface area contributed by atoms with E-state index in [-0.39, 0.29) is 16.5 Å². The first-order chi connectivity index (χ1) is 9.95. The normalized spacial score (nSPS) is 33.8. The molecule has 1 aromatic rings. The largest absolute Gasteiger partial charge is 0.383 e. The molecule has 21 heavy (non-hydrogen) atoms. The SMILES string of the molecule is C#Cc1ccc(F)c([C@@]2(C)N=C(N)S[C@@]3(COC)CC32)c1. The van der Waals surface area contributed by atoms with Crippen LogP contribution in [0.3, 0.4) is 0 Å². The minimum atomic E-state index is -0.690. The summed E-state index contributed by atoms with van der Waals surface area (Å²) in [6.45, 7) is 2.52. The molecule has 1 unspecified atom stereocenters. The predicted molar refractivity (Wildman–Crippen MR) is 83.6 cm³/mol. The van der Waals surface area contributed by atoms with Gasteiger partial charge in [-0.25, -0.2) is 4.39 Å². The maximum absolute atomic E-state index is 14.3. The molecule has 110 valence electrons. The molecule has 1 heterocycles. The quantitative estimate of drug-likeness (QED) is 0.873. The molecule has 1 aromatic carbocycles. The fourth-order valence-electron chi connectivity index (χ4n) is 3.33. The van der Waals surface area contributed by atoms with E-state index in [4.69, 9.17) is 16.9 Å². The van der Waals surface area contributed by atoms with Gasteiger partial charge in [-0.15, -0.1) is 6.42 Å². The third-order valence-electron chi connectivity index (χ3n) is 4.42. The van der Waals surface area contributed by atoms with E-state index in [1.807, 2.05) is 6.92 Å². The minimum Gasteiger partial charge on any atom is -0.383 e. The second-order valence-corrected chi connectivity index (χ2v) is 7.23. The van der Waals surface area contributed by atoms with Gasteiger partial charge in [0, 0.05) is 24.2 Å². The number of terminal acetylenes is 1. The first-order valence-electron chi connectivity index (χ1n) is 6.75. The maximum Gasteiger partial charge on any atom is 0.155 e. The molecule has 1 fully saturated rings. The van der Waals surface area contributed by atoms with Crippen LogP contribution in [-0.4, -0.2) is 23.6 Å².